The highest BCUT2D eigenvalue weighted by atomic mass is 31.2. The van der Waals surface area contributed by atoms with Crippen molar-refractivity contribution in [2.75, 3.05) is 26.4 Å². The van der Waals surface area contributed by atoms with Gasteiger partial charge in [-0.25, -0.2) is 4.57 Å². The van der Waals surface area contributed by atoms with E-state index in [2.05, 4.69) is 104 Å². The molecule has 3 N–H and O–H groups in total. The standard InChI is InChI=1S/C54H94NO8P/c1-3-5-7-9-11-13-15-17-19-21-23-25-26-27-28-30-32-34-36-38-40-42-44-46-53(57)55-48-49-62-64(59,60)63-51-52(56)50-61-54(58)47-45-43-41-39-37-35-33-31-29-24-22-20-18-16-14-12-10-8-6-4-2/h5,7,11,13,17,19,23,25,27-28,32,34,38,40,52,56H,3-4,6,8-10,12,14-16,18,20-22,24,26,29-31,33,35-37,39,41-51H2,1-2H3,(H,55,57)(H,59,60)/b7-5-,13-11-,19-17-,25-23-,28-27-,34-32-,40-38-. The number of ether oxygens (including phenoxy) is 1. The van der Waals surface area contributed by atoms with Gasteiger partial charge in [0.1, 0.15) is 12.7 Å². The Hall–Kier alpha value is -2.81. The zero-order valence-electron chi connectivity index (χ0n) is 40.7. The summed E-state index contributed by atoms with van der Waals surface area (Å²) in [6, 6.07) is 0. The number of hydrogen-bond donors (Lipinski definition) is 3. The van der Waals surface area contributed by atoms with Crippen LogP contribution in [0.1, 0.15) is 213 Å². The largest absolute Gasteiger partial charge is 0.472 e. The summed E-state index contributed by atoms with van der Waals surface area (Å²) in [4.78, 5) is 34.0. The second-order valence-corrected chi connectivity index (χ2v) is 18.2. The lowest BCUT2D eigenvalue weighted by atomic mass is 10.0. The van der Waals surface area contributed by atoms with Crippen LogP contribution in [0.15, 0.2) is 85.1 Å². The minimum absolute atomic E-state index is 0.0466. The Morgan fingerprint density at radius 2 is 0.891 bits per heavy atom. The summed E-state index contributed by atoms with van der Waals surface area (Å²) in [6.07, 6.45) is 63.9. The number of carbonyl (C=O) groups excluding carboxylic acids is 2. The monoisotopic (exact) mass is 916 g/mol. The fourth-order valence-corrected chi connectivity index (χ4v) is 7.54. The minimum atomic E-state index is -4.44. The highest BCUT2D eigenvalue weighted by Crippen LogP contribution is 2.42. The molecule has 0 radical (unpaired) electrons. The van der Waals surface area contributed by atoms with Gasteiger partial charge in [0.05, 0.1) is 13.2 Å². The van der Waals surface area contributed by atoms with Gasteiger partial charge in [-0.05, 0) is 64.2 Å². The van der Waals surface area contributed by atoms with Gasteiger partial charge in [-0.2, -0.15) is 0 Å². The van der Waals surface area contributed by atoms with E-state index < -0.39 is 26.5 Å². The number of esters is 1. The molecule has 9 nitrogen and oxygen atoms in total. The van der Waals surface area contributed by atoms with E-state index in [1.165, 1.54) is 109 Å². The molecule has 1 amide bonds. The number of phosphoric acid groups is 1. The number of nitrogens with one attached hydrogen (secondary N) is 1. The Morgan fingerprint density at radius 1 is 0.500 bits per heavy atom. The second-order valence-electron chi connectivity index (χ2n) is 16.8. The van der Waals surface area contributed by atoms with Gasteiger partial charge in [0.15, 0.2) is 0 Å². The van der Waals surface area contributed by atoms with Crippen LogP contribution in [0.2, 0.25) is 0 Å². The predicted molar refractivity (Wildman–Crippen MR) is 270 cm³/mol. The SMILES string of the molecule is CC/C=C\C/C=C\C/C=C\C/C=C\C/C=C\C/C=C\C/C=C\CCCC(=O)NCCOP(=O)(O)OCC(O)COC(=O)CCCCCCCCCCCCCCCCCCCCCC. The molecule has 0 spiro atoms. The Bertz CT molecular complexity index is 1320. The molecule has 0 bridgehead atoms. The van der Waals surface area contributed by atoms with E-state index in [1.54, 1.807) is 0 Å². The number of amides is 1. The maximum atomic E-state index is 12.1. The van der Waals surface area contributed by atoms with Crippen molar-refractivity contribution in [2.45, 2.75) is 219 Å². The van der Waals surface area contributed by atoms with Crippen LogP contribution < -0.4 is 5.32 Å². The molecule has 0 aromatic heterocycles. The normalized spacial score (nSPS) is 13.9. The second kappa shape index (κ2) is 49.6. The summed E-state index contributed by atoms with van der Waals surface area (Å²) < 4.78 is 27.0. The van der Waals surface area contributed by atoms with E-state index in [0.717, 1.165) is 70.6 Å². The smallest absolute Gasteiger partial charge is 0.463 e. The third-order valence-electron chi connectivity index (χ3n) is 10.6. The van der Waals surface area contributed by atoms with E-state index >= 15 is 0 Å². The first-order valence-corrected chi connectivity index (χ1v) is 27.1. The summed E-state index contributed by atoms with van der Waals surface area (Å²) in [7, 11) is -4.44. The lowest BCUT2D eigenvalue weighted by Crippen LogP contribution is -2.27. The summed E-state index contributed by atoms with van der Waals surface area (Å²) >= 11 is 0. The van der Waals surface area contributed by atoms with Gasteiger partial charge < -0.3 is 20.1 Å². The molecule has 0 aliphatic carbocycles. The van der Waals surface area contributed by atoms with E-state index in [1.807, 2.05) is 0 Å². The molecule has 64 heavy (non-hydrogen) atoms. The molecular weight excluding hydrogens is 822 g/mol. The molecule has 0 aliphatic rings. The molecule has 368 valence electrons. The van der Waals surface area contributed by atoms with E-state index in [-0.39, 0.29) is 32.1 Å². The van der Waals surface area contributed by atoms with Gasteiger partial charge in [0.25, 0.3) is 0 Å². The average molecular weight is 916 g/mol. The van der Waals surface area contributed by atoms with Crippen molar-refractivity contribution < 1.29 is 37.9 Å². The van der Waals surface area contributed by atoms with Crippen molar-refractivity contribution >= 4 is 19.7 Å². The summed E-state index contributed by atoms with van der Waals surface area (Å²) in [5.74, 6) is -0.576. The number of rotatable bonds is 47. The van der Waals surface area contributed by atoms with Crippen molar-refractivity contribution in [1.29, 1.82) is 0 Å². The minimum Gasteiger partial charge on any atom is -0.463 e. The molecular formula is C54H94NO8P. The lowest BCUT2D eigenvalue weighted by Gasteiger charge is -2.15. The third kappa shape index (κ3) is 50.2. The molecule has 0 aliphatic heterocycles. The van der Waals surface area contributed by atoms with Crippen LogP contribution in [0.5, 0.6) is 0 Å². The number of allylic oxidation sites excluding steroid dienone is 14. The molecule has 2 atom stereocenters. The van der Waals surface area contributed by atoms with Crippen LogP contribution in [0, 0.1) is 0 Å². The molecule has 0 aromatic rings. The topological polar surface area (TPSA) is 131 Å². The first-order chi connectivity index (χ1) is 31.3. The third-order valence-corrected chi connectivity index (χ3v) is 11.6. The van der Waals surface area contributed by atoms with Crippen molar-refractivity contribution in [3.63, 3.8) is 0 Å². The number of carbonyl (C=O) groups is 2. The van der Waals surface area contributed by atoms with Crippen LogP contribution in [-0.4, -0.2) is 54.3 Å². The zero-order chi connectivity index (χ0) is 46.7. The average Bonchev–Trinajstić information content (AvgIpc) is 3.28. The summed E-state index contributed by atoms with van der Waals surface area (Å²) in [6.45, 7) is 3.39. The number of aliphatic hydroxyl groups excluding tert-OH is 1. The van der Waals surface area contributed by atoms with Crippen LogP contribution in [0.4, 0.5) is 0 Å². The van der Waals surface area contributed by atoms with Gasteiger partial charge in [-0.15, -0.1) is 0 Å². The van der Waals surface area contributed by atoms with Crippen molar-refractivity contribution in [2.24, 2.45) is 0 Å². The van der Waals surface area contributed by atoms with Gasteiger partial charge >= 0.3 is 13.8 Å². The molecule has 10 heteroatoms. The summed E-state index contributed by atoms with van der Waals surface area (Å²) in [5, 5.41) is 12.7. The number of phosphoric ester groups is 1. The van der Waals surface area contributed by atoms with Gasteiger partial charge in [0, 0.05) is 19.4 Å². The van der Waals surface area contributed by atoms with Gasteiger partial charge in [-0.3, -0.25) is 18.6 Å². The quantitative estimate of drug-likeness (QED) is 0.0238. The summed E-state index contributed by atoms with van der Waals surface area (Å²) in [5.41, 5.74) is 0. The zero-order valence-corrected chi connectivity index (χ0v) is 41.6. The fourth-order valence-electron chi connectivity index (χ4n) is 6.78. The molecule has 2 unspecified atom stereocenters. The maximum absolute atomic E-state index is 12.1. The maximum Gasteiger partial charge on any atom is 0.472 e. The highest BCUT2D eigenvalue weighted by Gasteiger charge is 2.23. The Balaban J connectivity index is 3.66. The van der Waals surface area contributed by atoms with Crippen molar-refractivity contribution in [3.8, 4) is 0 Å². The van der Waals surface area contributed by atoms with Crippen molar-refractivity contribution in [1.82, 2.24) is 5.32 Å². The number of unbranched alkanes of at least 4 members (excludes halogenated alkanes) is 20. The first-order valence-electron chi connectivity index (χ1n) is 25.6. The Kier molecular flexibility index (Phi) is 47.4. The Labute approximate surface area is 392 Å². The van der Waals surface area contributed by atoms with Crippen molar-refractivity contribution in [3.05, 3.63) is 85.1 Å². The van der Waals surface area contributed by atoms with Crippen LogP contribution >= 0.6 is 7.82 Å². The van der Waals surface area contributed by atoms with Gasteiger partial charge in [0.2, 0.25) is 5.91 Å². The van der Waals surface area contributed by atoms with E-state index in [0.29, 0.717) is 12.8 Å². The number of aliphatic hydroxyl groups is 1. The molecule has 0 heterocycles. The lowest BCUT2D eigenvalue weighted by molar-refractivity contribution is -0.147. The van der Waals surface area contributed by atoms with Crippen LogP contribution in [-0.2, 0) is 27.9 Å². The molecule has 0 aromatic carbocycles. The molecule has 0 saturated heterocycles. The van der Waals surface area contributed by atoms with E-state index in [9.17, 15) is 24.2 Å². The first kappa shape index (κ1) is 61.2. The van der Waals surface area contributed by atoms with E-state index in [4.69, 9.17) is 13.8 Å². The fraction of sp³-hybridized carbons (Fsp3) is 0.704. The Morgan fingerprint density at radius 3 is 1.31 bits per heavy atom. The molecule has 0 rings (SSSR count). The molecule has 0 fully saturated rings. The van der Waals surface area contributed by atoms with Crippen LogP contribution in [0.3, 0.4) is 0 Å². The van der Waals surface area contributed by atoms with Crippen LogP contribution in [0.25, 0.3) is 0 Å². The number of hydrogen-bond acceptors (Lipinski definition) is 7. The van der Waals surface area contributed by atoms with Gasteiger partial charge in [-0.1, -0.05) is 221 Å². The predicted octanol–water partition coefficient (Wildman–Crippen LogP) is 15.2. The molecule has 0 saturated carbocycles. The highest BCUT2D eigenvalue weighted by molar-refractivity contribution is 7.47.